The third kappa shape index (κ3) is 7.89. The lowest BCUT2D eigenvalue weighted by Crippen LogP contribution is -2.63. The maximum Gasteiger partial charge on any atom is 0.324 e. The predicted molar refractivity (Wildman–Crippen MR) is 229 cm³/mol. The number of carbonyl (C=O) groups is 3. The minimum absolute atomic E-state index is 0.00226. The summed E-state index contributed by atoms with van der Waals surface area (Å²) in [5.74, 6) is -1.62. The molecule has 1 saturated heterocycles. The molecule has 1 saturated carbocycles. The SMILES string of the molecule is CCO[C@@H]1C2=NC(c3ccc4c(c3)c(c(-c3cccnc3[C@H](C)OC)n4CC)CC(C)(C)COC(=O)[C@@H]3CCCN(N3)C(=O)[C@H]1NC(=O)[C@@H]1[C@@H](C)[C@H]1c1cocn1)C(C)S2. The Morgan fingerprint density at radius 1 is 1.17 bits per heavy atom. The number of nitrogens with zero attached hydrogens (tertiary/aromatic N) is 5. The summed E-state index contributed by atoms with van der Waals surface area (Å²) < 4.78 is 26.0. The van der Waals surface area contributed by atoms with E-state index in [4.69, 9.17) is 28.6 Å². The number of hydrazine groups is 1. The van der Waals surface area contributed by atoms with Gasteiger partial charge in [0.25, 0.3) is 5.91 Å². The summed E-state index contributed by atoms with van der Waals surface area (Å²) >= 11 is 1.57. The minimum atomic E-state index is -1.13. The molecule has 8 rings (SSSR count). The molecule has 1 aliphatic carbocycles. The second kappa shape index (κ2) is 17.1. The second-order valence-electron chi connectivity index (χ2n) is 17.3. The normalized spacial score (nSPS) is 28.5. The van der Waals surface area contributed by atoms with Crippen molar-refractivity contribution in [3.8, 4) is 11.3 Å². The highest BCUT2D eigenvalue weighted by atomic mass is 32.2. The Morgan fingerprint density at radius 2 is 1.98 bits per heavy atom. The number of thioether (sulfide) groups is 1. The van der Waals surface area contributed by atoms with Crippen LogP contribution in [0.4, 0.5) is 0 Å². The van der Waals surface area contributed by atoms with Crippen LogP contribution in [-0.4, -0.2) is 92.7 Å². The van der Waals surface area contributed by atoms with Crippen LogP contribution >= 0.6 is 11.8 Å². The molecule has 14 nitrogen and oxygen atoms in total. The number of ether oxygens (including phenoxy) is 3. The van der Waals surface area contributed by atoms with Crippen LogP contribution in [0.1, 0.15) is 102 Å². The summed E-state index contributed by atoms with van der Waals surface area (Å²) in [4.78, 5) is 57.3. The number of hydrogen-bond acceptors (Lipinski definition) is 12. The molecule has 2 unspecified atom stereocenters. The van der Waals surface area contributed by atoms with Crippen LogP contribution in [0.3, 0.4) is 0 Å². The van der Waals surface area contributed by atoms with Crippen LogP contribution in [0.25, 0.3) is 22.2 Å². The van der Waals surface area contributed by atoms with Gasteiger partial charge in [-0.2, -0.15) is 0 Å². The molecule has 0 spiro atoms. The van der Waals surface area contributed by atoms with Gasteiger partial charge < -0.3 is 28.5 Å². The molecule has 6 bridgehead atoms. The Morgan fingerprint density at radius 3 is 2.72 bits per heavy atom. The first-order chi connectivity index (χ1) is 28.8. The number of pyridine rings is 1. The molecule has 320 valence electrons. The molecule has 6 heterocycles. The Bertz CT molecular complexity index is 2270. The third-order valence-corrected chi connectivity index (χ3v) is 13.8. The molecule has 2 amide bonds. The van der Waals surface area contributed by atoms with E-state index in [1.165, 1.54) is 11.4 Å². The van der Waals surface area contributed by atoms with Gasteiger partial charge in [-0.25, -0.2) is 10.4 Å². The fourth-order valence-electron chi connectivity index (χ4n) is 9.40. The predicted octanol–water partition coefficient (Wildman–Crippen LogP) is 6.55. The molecular formula is C45H57N7O7S. The molecule has 1 aromatic carbocycles. The average molecular weight is 840 g/mol. The van der Waals surface area contributed by atoms with Gasteiger partial charge in [-0.3, -0.25) is 29.4 Å². The van der Waals surface area contributed by atoms with Crippen molar-refractivity contribution in [1.82, 2.24) is 30.3 Å². The maximum absolute atomic E-state index is 14.8. The van der Waals surface area contributed by atoms with Crippen molar-refractivity contribution in [2.75, 3.05) is 26.9 Å². The number of amides is 2. The quantitative estimate of drug-likeness (QED) is 0.176. The maximum atomic E-state index is 14.8. The molecule has 2 N–H and O–H groups in total. The summed E-state index contributed by atoms with van der Waals surface area (Å²) in [5, 5.41) is 6.31. The zero-order valence-electron chi connectivity index (χ0n) is 35.8. The van der Waals surface area contributed by atoms with Crippen molar-refractivity contribution < 1.29 is 33.0 Å². The van der Waals surface area contributed by atoms with Crippen molar-refractivity contribution in [1.29, 1.82) is 0 Å². The highest BCUT2D eigenvalue weighted by molar-refractivity contribution is 8.14. The third-order valence-electron chi connectivity index (χ3n) is 12.6. The number of benzene rings is 1. The van der Waals surface area contributed by atoms with E-state index in [1.807, 2.05) is 26.8 Å². The van der Waals surface area contributed by atoms with Crippen LogP contribution < -0.4 is 10.7 Å². The molecule has 4 aliphatic rings. The summed E-state index contributed by atoms with van der Waals surface area (Å²) in [6.07, 6.45) is 5.29. The first-order valence-corrected chi connectivity index (χ1v) is 22.1. The molecule has 2 fully saturated rings. The smallest absolute Gasteiger partial charge is 0.324 e. The highest BCUT2D eigenvalue weighted by Crippen LogP contribution is 2.53. The summed E-state index contributed by atoms with van der Waals surface area (Å²) in [6.45, 7) is 15.9. The molecule has 4 aromatic rings. The van der Waals surface area contributed by atoms with Gasteiger partial charge in [-0.1, -0.05) is 33.8 Å². The van der Waals surface area contributed by atoms with Crippen LogP contribution in [0.2, 0.25) is 0 Å². The summed E-state index contributed by atoms with van der Waals surface area (Å²) in [7, 11) is 1.70. The molecular weight excluding hydrogens is 783 g/mol. The van der Waals surface area contributed by atoms with Gasteiger partial charge in [-0.15, -0.1) is 11.8 Å². The van der Waals surface area contributed by atoms with Gasteiger partial charge in [-0.05, 0) is 81.3 Å². The van der Waals surface area contributed by atoms with Crippen molar-refractivity contribution in [3.63, 3.8) is 0 Å². The monoisotopic (exact) mass is 839 g/mol. The molecule has 9 atom stereocenters. The first kappa shape index (κ1) is 42.1. The molecule has 3 aromatic heterocycles. The Balaban J connectivity index is 1.25. The lowest BCUT2D eigenvalue weighted by molar-refractivity contribution is -0.156. The van der Waals surface area contributed by atoms with Gasteiger partial charge in [0.15, 0.2) is 6.39 Å². The number of aromatic nitrogens is 3. The topological polar surface area (TPSA) is 162 Å². The summed E-state index contributed by atoms with van der Waals surface area (Å²) in [5.41, 5.74) is 9.58. The lowest BCUT2D eigenvalue weighted by atomic mass is 9.84. The molecule has 0 radical (unpaired) electrons. The first-order valence-electron chi connectivity index (χ1n) is 21.3. The Kier molecular flexibility index (Phi) is 12.0. The Hall–Kier alpha value is -4.57. The molecule has 15 heteroatoms. The van der Waals surface area contributed by atoms with Crippen molar-refractivity contribution in [3.05, 3.63) is 71.7 Å². The number of aryl methyl sites for hydroxylation is 1. The number of cyclic esters (lactones) is 1. The van der Waals surface area contributed by atoms with Crippen molar-refractivity contribution in [2.24, 2.45) is 22.2 Å². The minimum Gasteiger partial charge on any atom is -0.464 e. The van der Waals surface area contributed by atoms with Gasteiger partial charge in [0.1, 0.15) is 29.5 Å². The standard InChI is InChI=1S/C45H57N7O7S/c1-9-51-33-16-15-27-19-29(33)30(39(51)28-13-11-17-46-36(28)25(4)56-8)20-45(6,7)22-59-44(55)31-14-12-18-52(50-31)43(54)38(40(58-10-2)42-49-37(27)26(5)60-42)48-41(53)35-24(3)34(35)32-21-57-23-47-32/h11,13,15-17,19,21,23-26,31,34-35,37-38,40,50H,9-10,12,14,18,20,22H2,1-8H3,(H,48,53)/t24-,25-,26?,31-,34-,35+,37?,38-,40-/m0/s1. The van der Waals surface area contributed by atoms with E-state index in [9.17, 15) is 14.4 Å². The second-order valence-corrected chi connectivity index (χ2v) is 18.7. The number of carbonyl (C=O) groups excluding carboxylic acids is 3. The number of esters is 1. The van der Waals surface area contributed by atoms with Crippen LogP contribution in [0, 0.1) is 17.3 Å². The lowest BCUT2D eigenvalue weighted by Gasteiger charge is -2.37. The molecule has 60 heavy (non-hydrogen) atoms. The van der Waals surface area contributed by atoms with Gasteiger partial charge in [0.2, 0.25) is 5.91 Å². The number of rotatable bonds is 9. The van der Waals surface area contributed by atoms with E-state index in [0.717, 1.165) is 39.0 Å². The Labute approximate surface area is 355 Å². The number of methoxy groups -OCH3 is 1. The van der Waals surface area contributed by atoms with E-state index in [-0.39, 0.29) is 48.4 Å². The van der Waals surface area contributed by atoms with E-state index in [0.29, 0.717) is 43.1 Å². The largest absolute Gasteiger partial charge is 0.464 e. The van der Waals surface area contributed by atoms with Gasteiger partial charge in [0.05, 0.1) is 35.8 Å². The fourth-order valence-corrected chi connectivity index (χ4v) is 10.6. The highest BCUT2D eigenvalue weighted by Gasteiger charge is 2.55. The van der Waals surface area contributed by atoms with Gasteiger partial charge in [0, 0.05) is 72.0 Å². The average Bonchev–Trinajstić information content (AvgIpc) is 3.60. The van der Waals surface area contributed by atoms with Crippen LogP contribution in [-0.2, 0) is 41.6 Å². The van der Waals surface area contributed by atoms with Crippen LogP contribution in [0.5, 0.6) is 0 Å². The van der Waals surface area contributed by atoms with E-state index >= 15 is 0 Å². The van der Waals surface area contributed by atoms with Gasteiger partial charge >= 0.3 is 5.97 Å². The number of aliphatic imine (C=N–C) groups is 1. The van der Waals surface area contributed by atoms with E-state index in [2.05, 4.69) is 72.3 Å². The molecule has 3 aliphatic heterocycles. The number of oxazole rings is 1. The number of fused-ring (bicyclic) bond motifs is 5. The van der Waals surface area contributed by atoms with E-state index < -0.39 is 41.4 Å². The number of hydrogen-bond donors (Lipinski definition) is 2. The van der Waals surface area contributed by atoms with Crippen molar-refractivity contribution >= 4 is 45.5 Å². The summed E-state index contributed by atoms with van der Waals surface area (Å²) in [6, 6.07) is 8.54. The van der Waals surface area contributed by atoms with Crippen molar-refractivity contribution in [2.45, 2.75) is 116 Å². The number of nitrogens with one attached hydrogen (secondary N) is 2. The van der Waals surface area contributed by atoms with E-state index in [1.54, 1.807) is 31.3 Å². The van der Waals surface area contributed by atoms with Crippen LogP contribution in [0.15, 0.2) is 58.6 Å². The zero-order chi connectivity index (χ0) is 42.5. The zero-order valence-corrected chi connectivity index (χ0v) is 36.6. The fraction of sp³-hybridized carbons (Fsp3) is 0.556.